The highest BCUT2D eigenvalue weighted by molar-refractivity contribution is 5.80. The van der Waals surface area contributed by atoms with Crippen LogP contribution in [-0.2, 0) is 0 Å². The van der Waals surface area contributed by atoms with Crippen LogP contribution in [0.5, 0.6) is 0 Å². The molecule has 2 aromatic rings. The van der Waals surface area contributed by atoms with Gasteiger partial charge in [0.25, 0.3) is 0 Å². The summed E-state index contributed by atoms with van der Waals surface area (Å²) in [5, 5.41) is 0. The molecule has 0 bridgehead atoms. The minimum atomic E-state index is 0.616. The molecule has 0 aliphatic heterocycles. The van der Waals surface area contributed by atoms with Gasteiger partial charge in [0.1, 0.15) is 0 Å². The Bertz CT molecular complexity index is 502. The molecule has 2 aromatic heterocycles. The Balaban J connectivity index is 2.63. The van der Waals surface area contributed by atoms with Gasteiger partial charge in [0.2, 0.25) is 0 Å². The number of aryl methyl sites for hydroxylation is 1. The summed E-state index contributed by atoms with van der Waals surface area (Å²) in [7, 11) is 0. The first-order valence-electron chi connectivity index (χ1n) is 4.64. The normalized spacial score (nSPS) is 10.3. The molecular formula is C11H11N3O. The van der Waals surface area contributed by atoms with Crippen LogP contribution in [0.4, 0.5) is 0 Å². The number of hydrogen-bond donors (Lipinski definition) is 0. The van der Waals surface area contributed by atoms with Crippen LogP contribution in [0.1, 0.15) is 21.7 Å². The molecular weight excluding hydrogens is 190 g/mol. The lowest BCUT2D eigenvalue weighted by molar-refractivity contribution is 0.112. The van der Waals surface area contributed by atoms with E-state index in [0.717, 1.165) is 23.4 Å². The van der Waals surface area contributed by atoms with Gasteiger partial charge in [0.15, 0.2) is 6.29 Å². The maximum atomic E-state index is 10.9. The molecule has 0 fully saturated rings. The van der Waals surface area contributed by atoms with E-state index in [4.69, 9.17) is 0 Å². The number of aromatic nitrogens is 3. The standard InChI is InChI=1S/C11H11N3O/c1-8-9(2)14(7-13-8)11-5-12-4-3-10(11)6-15/h3-7H,1-2H3. The van der Waals surface area contributed by atoms with Gasteiger partial charge in [-0.25, -0.2) is 4.98 Å². The van der Waals surface area contributed by atoms with Crippen LogP contribution in [-0.4, -0.2) is 20.8 Å². The summed E-state index contributed by atoms with van der Waals surface area (Å²) >= 11 is 0. The second kappa shape index (κ2) is 3.65. The van der Waals surface area contributed by atoms with E-state index >= 15 is 0 Å². The van der Waals surface area contributed by atoms with Gasteiger partial charge in [-0.1, -0.05) is 0 Å². The number of carbonyl (C=O) groups excluding carboxylic acids is 1. The molecule has 2 heterocycles. The largest absolute Gasteiger partial charge is 0.301 e. The second-order valence-electron chi connectivity index (χ2n) is 3.34. The van der Waals surface area contributed by atoms with Crippen molar-refractivity contribution in [2.24, 2.45) is 0 Å². The maximum absolute atomic E-state index is 10.9. The van der Waals surface area contributed by atoms with E-state index in [1.54, 1.807) is 24.8 Å². The minimum absolute atomic E-state index is 0.616. The number of rotatable bonds is 2. The number of aldehydes is 1. The fraction of sp³-hybridized carbons (Fsp3) is 0.182. The lowest BCUT2D eigenvalue weighted by atomic mass is 10.2. The van der Waals surface area contributed by atoms with Gasteiger partial charge in [-0.05, 0) is 19.9 Å². The molecule has 0 aliphatic carbocycles. The van der Waals surface area contributed by atoms with Crippen molar-refractivity contribution in [3.05, 3.63) is 41.7 Å². The summed E-state index contributed by atoms with van der Waals surface area (Å²) in [5.41, 5.74) is 3.36. The first-order chi connectivity index (χ1) is 7.24. The summed E-state index contributed by atoms with van der Waals surface area (Å²) in [6, 6.07) is 1.69. The lowest BCUT2D eigenvalue weighted by Gasteiger charge is -2.06. The monoisotopic (exact) mass is 201 g/mol. The molecule has 4 nitrogen and oxygen atoms in total. The van der Waals surface area contributed by atoms with Crippen molar-refractivity contribution in [1.29, 1.82) is 0 Å². The van der Waals surface area contributed by atoms with Crippen molar-refractivity contribution in [2.75, 3.05) is 0 Å². The van der Waals surface area contributed by atoms with Crippen molar-refractivity contribution < 1.29 is 4.79 Å². The highest BCUT2D eigenvalue weighted by atomic mass is 16.1. The zero-order valence-electron chi connectivity index (χ0n) is 8.64. The first-order valence-corrected chi connectivity index (χ1v) is 4.64. The van der Waals surface area contributed by atoms with Crippen LogP contribution < -0.4 is 0 Å². The molecule has 2 rings (SSSR count). The molecule has 0 aromatic carbocycles. The third-order valence-corrected chi connectivity index (χ3v) is 2.47. The van der Waals surface area contributed by atoms with Crippen LogP contribution in [0.2, 0.25) is 0 Å². The van der Waals surface area contributed by atoms with E-state index in [1.165, 1.54) is 0 Å². The van der Waals surface area contributed by atoms with E-state index in [0.29, 0.717) is 5.56 Å². The lowest BCUT2D eigenvalue weighted by Crippen LogP contribution is -2.00. The first kappa shape index (κ1) is 9.58. The van der Waals surface area contributed by atoms with Crippen molar-refractivity contribution in [1.82, 2.24) is 14.5 Å². The van der Waals surface area contributed by atoms with Crippen LogP contribution >= 0.6 is 0 Å². The molecule has 0 unspecified atom stereocenters. The van der Waals surface area contributed by atoms with Gasteiger partial charge in [0, 0.05) is 17.5 Å². The van der Waals surface area contributed by atoms with Gasteiger partial charge in [0.05, 0.1) is 23.9 Å². The van der Waals surface area contributed by atoms with Gasteiger partial charge in [-0.3, -0.25) is 9.78 Å². The van der Waals surface area contributed by atoms with Gasteiger partial charge < -0.3 is 4.57 Å². The van der Waals surface area contributed by atoms with Gasteiger partial charge >= 0.3 is 0 Å². The summed E-state index contributed by atoms with van der Waals surface area (Å²) in [6.45, 7) is 3.90. The van der Waals surface area contributed by atoms with Crippen molar-refractivity contribution in [3.63, 3.8) is 0 Å². The fourth-order valence-corrected chi connectivity index (χ4v) is 1.44. The van der Waals surface area contributed by atoms with E-state index < -0.39 is 0 Å². The summed E-state index contributed by atoms with van der Waals surface area (Å²) in [4.78, 5) is 19.1. The van der Waals surface area contributed by atoms with Crippen molar-refractivity contribution in [3.8, 4) is 5.69 Å². The molecule has 0 spiro atoms. The summed E-state index contributed by atoms with van der Waals surface area (Å²) in [5.74, 6) is 0. The van der Waals surface area contributed by atoms with E-state index in [1.807, 2.05) is 18.4 Å². The van der Waals surface area contributed by atoms with Crippen LogP contribution in [0.25, 0.3) is 5.69 Å². The Hall–Kier alpha value is -1.97. The topological polar surface area (TPSA) is 47.8 Å². The molecule has 0 N–H and O–H groups in total. The fourth-order valence-electron chi connectivity index (χ4n) is 1.44. The SMILES string of the molecule is Cc1ncn(-c2cnccc2C=O)c1C. The Morgan fingerprint density at radius 3 is 2.80 bits per heavy atom. The maximum Gasteiger partial charge on any atom is 0.152 e. The van der Waals surface area contributed by atoms with Crippen molar-refractivity contribution in [2.45, 2.75) is 13.8 Å². The molecule has 0 saturated heterocycles. The third kappa shape index (κ3) is 1.54. The van der Waals surface area contributed by atoms with Crippen molar-refractivity contribution >= 4 is 6.29 Å². The molecule has 0 saturated carbocycles. The Morgan fingerprint density at radius 2 is 2.20 bits per heavy atom. The zero-order chi connectivity index (χ0) is 10.8. The van der Waals surface area contributed by atoms with Gasteiger partial charge in [-0.15, -0.1) is 0 Å². The number of imidazole rings is 1. The Kier molecular flexibility index (Phi) is 2.33. The van der Waals surface area contributed by atoms with Crippen LogP contribution in [0.3, 0.4) is 0 Å². The number of nitrogens with zero attached hydrogens (tertiary/aromatic N) is 3. The van der Waals surface area contributed by atoms with Crippen LogP contribution in [0.15, 0.2) is 24.8 Å². The minimum Gasteiger partial charge on any atom is -0.301 e. The predicted molar refractivity (Wildman–Crippen MR) is 56.2 cm³/mol. The molecule has 76 valence electrons. The van der Waals surface area contributed by atoms with E-state index in [9.17, 15) is 4.79 Å². The van der Waals surface area contributed by atoms with E-state index in [-0.39, 0.29) is 0 Å². The summed E-state index contributed by atoms with van der Waals surface area (Å²) in [6.07, 6.45) is 5.80. The van der Waals surface area contributed by atoms with Gasteiger partial charge in [-0.2, -0.15) is 0 Å². The average Bonchev–Trinajstić information content (AvgIpc) is 2.60. The van der Waals surface area contributed by atoms with Crippen LogP contribution in [0, 0.1) is 13.8 Å². The number of carbonyl (C=O) groups is 1. The van der Waals surface area contributed by atoms with E-state index in [2.05, 4.69) is 9.97 Å². The molecule has 0 aliphatic rings. The highest BCUT2D eigenvalue weighted by Crippen LogP contribution is 2.15. The summed E-state index contributed by atoms with van der Waals surface area (Å²) < 4.78 is 1.87. The second-order valence-corrected chi connectivity index (χ2v) is 3.34. The zero-order valence-corrected chi connectivity index (χ0v) is 8.64. The highest BCUT2D eigenvalue weighted by Gasteiger charge is 2.07. The molecule has 0 atom stereocenters. The molecule has 15 heavy (non-hydrogen) atoms. The molecule has 0 amide bonds. The Morgan fingerprint density at radius 1 is 1.40 bits per heavy atom. The number of pyridine rings is 1. The number of hydrogen-bond acceptors (Lipinski definition) is 3. The predicted octanol–water partition coefficient (Wildman–Crippen LogP) is 1.70. The average molecular weight is 201 g/mol. The molecule has 0 radical (unpaired) electrons. The third-order valence-electron chi connectivity index (χ3n) is 2.47. The quantitative estimate of drug-likeness (QED) is 0.695. The molecule has 4 heteroatoms. The smallest absolute Gasteiger partial charge is 0.152 e. The Labute approximate surface area is 87.6 Å².